The van der Waals surface area contributed by atoms with Gasteiger partial charge >= 0.3 is 0 Å². The monoisotopic (exact) mass is 350 g/mol. The molecule has 144 valence electrons. The molecule has 1 rings (SSSR count). The van der Waals surface area contributed by atoms with Crippen molar-refractivity contribution in [2.24, 2.45) is 0 Å². The van der Waals surface area contributed by atoms with Crippen LogP contribution in [0, 0.1) is 6.92 Å². The van der Waals surface area contributed by atoms with Gasteiger partial charge < -0.3 is 10.2 Å². The molecular formula is C20H38N4O. The third-order valence-electron chi connectivity index (χ3n) is 4.44. The summed E-state index contributed by atoms with van der Waals surface area (Å²) >= 11 is 0. The van der Waals surface area contributed by atoms with Gasteiger partial charge in [-0.05, 0) is 45.8 Å². The molecule has 0 aliphatic rings. The molecule has 0 aliphatic carbocycles. The number of nitrogens with one attached hydrogen (secondary N) is 1. The van der Waals surface area contributed by atoms with Gasteiger partial charge in [0.25, 0.3) is 0 Å². The van der Waals surface area contributed by atoms with Crippen LogP contribution in [0.1, 0.15) is 71.4 Å². The molecule has 0 saturated carbocycles. The average Bonchev–Trinajstić information content (AvgIpc) is 2.98. The Morgan fingerprint density at radius 1 is 1.20 bits per heavy atom. The van der Waals surface area contributed by atoms with E-state index in [0.29, 0.717) is 13.0 Å². The minimum atomic E-state index is 0.114. The first-order valence-corrected chi connectivity index (χ1v) is 10.1. The van der Waals surface area contributed by atoms with Crippen LogP contribution in [0.25, 0.3) is 0 Å². The Kier molecular flexibility index (Phi) is 11.2. The Labute approximate surface area is 154 Å². The summed E-state index contributed by atoms with van der Waals surface area (Å²) in [6.45, 7) is 12.4. The zero-order valence-electron chi connectivity index (χ0n) is 16.8. The molecule has 1 aromatic rings. The molecule has 1 amide bonds. The third-order valence-corrected chi connectivity index (χ3v) is 4.44. The van der Waals surface area contributed by atoms with Crippen molar-refractivity contribution >= 4 is 5.91 Å². The lowest BCUT2D eigenvalue weighted by Crippen LogP contribution is -2.42. The fourth-order valence-electron chi connectivity index (χ4n) is 3.05. The van der Waals surface area contributed by atoms with E-state index in [1.54, 1.807) is 0 Å². The van der Waals surface area contributed by atoms with E-state index in [0.717, 1.165) is 25.3 Å². The molecule has 1 unspecified atom stereocenters. The van der Waals surface area contributed by atoms with Crippen LogP contribution >= 0.6 is 0 Å². The third kappa shape index (κ3) is 10.3. The van der Waals surface area contributed by atoms with Crippen LogP contribution in [0.4, 0.5) is 0 Å². The molecule has 25 heavy (non-hydrogen) atoms. The number of rotatable bonds is 14. The molecule has 1 aromatic heterocycles. The number of carbonyl (C=O) groups is 1. The van der Waals surface area contributed by atoms with Crippen molar-refractivity contribution in [2.75, 3.05) is 19.6 Å². The molecule has 1 heterocycles. The lowest BCUT2D eigenvalue weighted by Gasteiger charge is -2.26. The largest absolute Gasteiger partial charge is 0.352 e. The summed E-state index contributed by atoms with van der Waals surface area (Å²) < 4.78 is 1.83. The van der Waals surface area contributed by atoms with E-state index in [1.165, 1.54) is 38.5 Å². The highest BCUT2D eigenvalue weighted by Gasteiger charge is 2.12. The van der Waals surface area contributed by atoms with Crippen LogP contribution in [-0.2, 0) is 11.3 Å². The molecule has 5 heteroatoms. The molecule has 0 aliphatic heterocycles. The molecule has 0 bridgehead atoms. The van der Waals surface area contributed by atoms with E-state index in [1.807, 2.05) is 23.9 Å². The van der Waals surface area contributed by atoms with Gasteiger partial charge in [-0.15, -0.1) is 0 Å². The number of aryl methyl sites for hydroxylation is 2. The second kappa shape index (κ2) is 12.9. The van der Waals surface area contributed by atoms with Crippen LogP contribution < -0.4 is 5.32 Å². The van der Waals surface area contributed by atoms with Crippen molar-refractivity contribution in [3.8, 4) is 0 Å². The standard InChI is InChI=1S/C20H38N4O/c1-5-7-9-13-23(14-10-8-6-2)17-19(4)21-20(25)12-16-24-15-11-18(3)22-24/h11,15,19H,5-10,12-14,16-17H2,1-4H3,(H,21,25). The number of nitrogens with zero attached hydrogens (tertiary/aromatic N) is 3. The maximum Gasteiger partial charge on any atom is 0.222 e. The van der Waals surface area contributed by atoms with Gasteiger partial charge in [-0.25, -0.2) is 0 Å². The molecule has 0 aromatic carbocycles. The van der Waals surface area contributed by atoms with E-state index in [4.69, 9.17) is 0 Å². The first-order valence-electron chi connectivity index (χ1n) is 10.1. The van der Waals surface area contributed by atoms with Crippen LogP contribution in [0.2, 0.25) is 0 Å². The molecule has 1 N–H and O–H groups in total. The van der Waals surface area contributed by atoms with Crippen LogP contribution in [0.3, 0.4) is 0 Å². The van der Waals surface area contributed by atoms with Crippen molar-refractivity contribution in [2.45, 2.75) is 85.2 Å². The number of hydrogen-bond donors (Lipinski definition) is 1. The topological polar surface area (TPSA) is 50.2 Å². The Bertz CT molecular complexity index is 462. The SMILES string of the molecule is CCCCCN(CCCCC)CC(C)NC(=O)CCn1ccc(C)n1. The molecule has 0 spiro atoms. The second-order valence-electron chi connectivity index (χ2n) is 7.15. The van der Waals surface area contributed by atoms with Crippen molar-refractivity contribution in [1.82, 2.24) is 20.0 Å². The number of amides is 1. The van der Waals surface area contributed by atoms with E-state index in [-0.39, 0.29) is 11.9 Å². The molecular weight excluding hydrogens is 312 g/mol. The van der Waals surface area contributed by atoms with E-state index < -0.39 is 0 Å². The van der Waals surface area contributed by atoms with Crippen molar-refractivity contribution in [3.05, 3.63) is 18.0 Å². The Hall–Kier alpha value is -1.36. The first kappa shape index (κ1) is 21.7. The fraction of sp³-hybridized carbons (Fsp3) is 0.800. The predicted octanol–water partition coefficient (Wildman–Crippen LogP) is 3.77. The summed E-state index contributed by atoms with van der Waals surface area (Å²) in [5, 5.41) is 7.47. The van der Waals surface area contributed by atoms with E-state index in [9.17, 15) is 4.79 Å². The van der Waals surface area contributed by atoms with Crippen LogP contribution in [-0.4, -0.2) is 46.3 Å². The Morgan fingerprint density at radius 3 is 2.36 bits per heavy atom. The summed E-state index contributed by atoms with van der Waals surface area (Å²) in [6.07, 6.45) is 9.99. The molecule has 0 saturated heterocycles. The fourth-order valence-corrected chi connectivity index (χ4v) is 3.05. The van der Waals surface area contributed by atoms with Gasteiger partial charge in [0.1, 0.15) is 0 Å². The van der Waals surface area contributed by atoms with Gasteiger partial charge in [0.15, 0.2) is 0 Å². The van der Waals surface area contributed by atoms with Gasteiger partial charge in [0, 0.05) is 31.7 Å². The predicted molar refractivity (Wildman–Crippen MR) is 105 cm³/mol. The summed E-state index contributed by atoms with van der Waals surface area (Å²) in [4.78, 5) is 14.7. The van der Waals surface area contributed by atoms with Gasteiger partial charge in [0.2, 0.25) is 5.91 Å². The van der Waals surface area contributed by atoms with Gasteiger partial charge in [-0.2, -0.15) is 5.10 Å². The maximum atomic E-state index is 12.2. The van der Waals surface area contributed by atoms with Crippen molar-refractivity contribution in [3.63, 3.8) is 0 Å². The highest BCUT2D eigenvalue weighted by atomic mass is 16.1. The smallest absolute Gasteiger partial charge is 0.222 e. The quantitative estimate of drug-likeness (QED) is 0.520. The molecule has 0 fully saturated rings. The van der Waals surface area contributed by atoms with Crippen LogP contribution in [0.15, 0.2) is 12.3 Å². The highest BCUT2D eigenvalue weighted by molar-refractivity contribution is 5.76. The second-order valence-corrected chi connectivity index (χ2v) is 7.15. The molecule has 5 nitrogen and oxygen atoms in total. The summed E-state index contributed by atoms with van der Waals surface area (Å²) in [5.41, 5.74) is 0.989. The van der Waals surface area contributed by atoms with E-state index in [2.05, 4.69) is 36.1 Å². The van der Waals surface area contributed by atoms with Crippen LogP contribution in [0.5, 0.6) is 0 Å². The van der Waals surface area contributed by atoms with Crippen molar-refractivity contribution < 1.29 is 4.79 Å². The zero-order chi connectivity index (χ0) is 18.5. The average molecular weight is 351 g/mol. The van der Waals surface area contributed by atoms with Crippen molar-refractivity contribution in [1.29, 1.82) is 0 Å². The molecule has 1 atom stereocenters. The minimum absolute atomic E-state index is 0.114. The van der Waals surface area contributed by atoms with Gasteiger partial charge in [-0.3, -0.25) is 9.48 Å². The number of carbonyl (C=O) groups excluding carboxylic acids is 1. The summed E-state index contributed by atoms with van der Waals surface area (Å²) in [6, 6.07) is 2.15. The zero-order valence-corrected chi connectivity index (χ0v) is 16.8. The lowest BCUT2D eigenvalue weighted by atomic mass is 10.2. The Balaban J connectivity index is 2.32. The summed E-state index contributed by atoms with van der Waals surface area (Å²) in [7, 11) is 0. The lowest BCUT2D eigenvalue weighted by molar-refractivity contribution is -0.122. The number of hydrogen-bond acceptors (Lipinski definition) is 3. The van der Waals surface area contributed by atoms with Gasteiger partial charge in [-0.1, -0.05) is 39.5 Å². The minimum Gasteiger partial charge on any atom is -0.352 e. The first-order chi connectivity index (χ1) is 12.0. The highest BCUT2D eigenvalue weighted by Crippen LogP contribution is 2.04. The number of aromatic nitrogens is 2. The van der Waals surface area contributed by atoms with E-state index >= 15 is 0 Å². The summed E-state index contributed by atoms with van der Waals surface area (Å²) in [5.74, 6) is 0.114. The maximum absolute atomic E-state index is 12.2. The Morgan fingerprint density at radius 2 is 1.84 bits per heavy atom. The molecule has 0 radical (unpaired) electrons. The van der Waals surface area contributed by atoms with Gasteiger partial charge in [0.05, 0.1) is 5.69 Å². The normalized spacial score (nSPS) is 12.5. The number of unbranched alkanes of at least 4 members (excludes halogenated alkanes) is 4.